The van der Waals surface area contributed by atoms with Gasteiger partial charge in [0, 0.05) is 6.54 Å². The normalized spacial score (nSPS) is 12.4. The van der Waals surface area contributed by atoms with Crippen LogP contribution in [0.2, 0.25) is 0 Å². The van der Waals surface area contributed by atoms with Gasteiger partial charge in [-0.2, -0.15) is 0 Å². The molecule has 6 heteroatoms. The van der Waals surface area contributed by atoms with Crippen molar-refractivity contribution in [1.82, 2.24) is 15.0 Å². The number of amides is 1. The highest BCUT2D eigenvalue weighted by Crippen LogP contribution is 2.20. The average molecular weight is 273 g/mol. The predicted octanol–water partition coefficient (Wildman–Crippen LogP) is 1.44. The van der Waals surface area contributed by atoms with Gasteiger partial charge in [-0.3, -0.25) is 4.79 Å². The smallest absolute Gasteiger partial charge is 0.229 e. The van der Waals surface area contributed by atoms with Crippen molar-refractivity contribution < 1.29 is 4.79 Å². The van der Waals surface area contributed by atoms with E-state index < -0.39 is 0 Å². The van der Waals surface area contributed by atoms with E-state index in [-0.39, 0.29) is 17.7 Å². The number of carbonyl (C=O) groups is 1. The number of anilines is 1. The molecule has 0 bridgehead atoms. The summed E-state index contributed by atoms with van der Waals surface area (Å²) in [5.41, 5.74) is 7.14. The highest BCUT2D eigenvalue weighted by atomic mass is 16.1. The zero-order chi connectivity index (χ0) is 14.5. The number of nitrogens with one attached hydrogen (secondary N) is 1. The van der Waals surface area contributed by atoms with Crippen molar-refractivity contribution in [1.29, 1.82) is 0 Å². The maximum Gasteiger partial charge on any atom is 0.229 e. The van der Waals surface area contributed by atoms with Gasteiger partial charge in [0.05, 0.1) is 29.7 Å². The van der Waals surface area contributed by atoms with Crippen molar-refractivity contribution in [3.8, 4) is 5.69 Å². The minimum absolute atomic E-state index is 0.0740. The molecule has 0 spiro atoms. The molecule has 2 aromatic rings. The van der Waals surface area contributed by atoms with Crippen LogP contribution in [0.25, 0.3) is 5.69 Å². The van der Waals surface area contributed by atoms with Crippen molar-refractivity contribution in [3.63, 3.8) is 0 Å². The summed E-state index contributed by atoms with van der Waals surface area (Å²) in [7, 11) is 0. The van der Waals surface area contributed by atoms with Crippen molar-refractivity contribution in [2.45, 2.75) is 13.8 Å². The molecule has 1 amide bonds. The summed E-state index contributed by atoms with van der Waals surface area (Å²) in [5, 5.41) is 10.6. The Labute approximate surface area is 118 Å². The van der Waals surface area contributed by atoms with Crippen LogP contribution >= 0.6 is 0 Å². The number of carbonyl (C=O) groups excluding carboxylic acids is 1. The number of aromatic nitrogens is 3. The van der Waals surface area contributed by atoms with Crippen molar-refractivity contribution in [3.05, 3.63) is 36.7 Å². The maximum absolute atomic E-state index is 12.3. The molecule has 20 heavy (non-hydrogen) atoms. The van der Waals surface area contributed by atoms with Crippen molar-refractivity contribution >= 4 is 11.6 Å². The van der Waals surface area contributed by atoms with Crippen LogP contribution in [-0.4, -0.2) is 27.4 Å². The Morgan fingerprint density at radius 3 is 2.75 bits per heavy atom. The first-order valence-electron chi connectivity index (χ1n) is 6.60. The Bertz CT molecular complexity index is 565. The van der Waals surface area contributed by atoms with E-state index in [0.717, 1.165) is 5.69 Å². The molecular weight excluding hydrogens is 254 g/mol. The lowest BCUT2D eigenvalue weighted by atomic mass is 9.95. The second kappa shape index (κ2) is 6.29. The molecule has 2 rings (SSSR count). The molecule has 0 aliphatic carbocycles. The van der Waals surface area contributed by atoms with Crippen LogP contribution in [-0.2, 0) is 4.79 Å². The van der Waals surface area contributed by atoms with E-state index >= 15 is 0 Å². The summed E-state index contributed by atoms with van der Waals surface area (Å²) in [6.07, 6.45) is 3.32. The fraction of sp³-hybridized carbons (Fsp3) is 0.357. The molecule has 0 aliphatic heterocycles. The van der Waals surface area contributed by atoms with Crippen LogP contribution in [0.5, 0.6) is 0 Å². The highest BCUT2D eigenvalue weighted by Gasteiger charge is 2.21. The second-order valence-electron chi connectivity index (χ2n) is 4.94. The summed E-state index contributed by atoms with van der Waals surface area (Å²) in [6.45, 7) is 4.30. The largest absolute Gasteiger partial charge is 0.330 e. The summed E-state index contributed by atoms with van der Waals surface area (Å²) < 4.78 is 1.61. The fourth-order valence-electron chi connectivity index (χ4n) is 2.02. The number of rotatable bonds is 5. The van der Waals surface area contributed by atoms with Gasteiger partial charge in [-0.15, -0.1) is 5.10 Å². The molecule has 106 valence electrons. The molecule has 1 aromatic heterocycles. The van der Waals surface area contributed by atoms with Crippen molar-refractivity contribution in [2.75, 3.05) is 11.9 Å². The highest BCUT2D eigenvalue weighted by molar-refractivity contribution is 5.94. The van der Waals surface area contributed by atoms with Gasteiger partial charge in [0.25, 0.3) is 0 Å². The van der Waals surface area contributed by atoms with Crippen LogP contribution < -0.4 is 11.1 Å². The SMILES string of the molecule is CC(C)C(CN)C(=O)Nc1ccccc1-n1ccnn1. The minimum atomic E-state index is -0.209. The molecule has 6 nitrogen and oxygen atoms in total. The summed E-state index contributed by atoms with van der Waals surface area (Å²) >= 11 is 0. The summed E-state index contributed by atoms with van der Waals surface area (Å²) in [6, 6.07) is 7.46. The van der Waals surface area contributed by atoms with Gasteiger partial charge >= 0.3 is 0 Å². The van der Waals surface area contributed by atoms with Gasteiger partial charge in [-0.25, -0.2) is 4.68 Å². The number of para-hydroxylation sites is 2. The molecule has 1 aromatic carbocycles. The van der Waals surface area contributed by atoms with E-state index in [1.165, 1.54) is 0 Å². The molecule has 1 atom stereocenters. The molecule has 1 heterocycles. The topological polar surface area (TPSA) is 85.8 Å². The number of hydrogen-bond acceptors (Lipinski definition) is 4. The Kier molecular flexibility index (Phi) is 4.47. The molecule has 0 radical (unpaired) electrons. The number of benzene rings is 1. The first-order chi connectivity index (χ1) is 9.63. The first kappa shape index (κ1) is 14.2. The third kappa shape index (κ3) is 3.03. The van der Waals surface area contributed by atoms with Gasteiger partial charge < -0.3 is 11.1 Å². The van der Waals surface area contributed by atoms with E-state index in [4.69, 9.17) is 5.73 Å². The lowest BCUT2D eigenvalue weighted by Crippen LogP contribution is -2.33. The van der Waals surface area contributed by atoms with Gasteiger partial charge in [-0.05, 0) is 18.1 Å². The van der Waals surface area contributed by atoms with Crippen LogP contribution in [0.15, 0.2) is 36.7 Å². The number of nitrogens with zero attached hydrogens (tertiary/aromatic N) is 3. The molecule has 0 fully saturated rings. The average Bonchev–Trinajstić information content (AvgIpc) is 2.93. The maximum atomic E-state index is 12.3. The lowest BCUT2D eigenvalue weighted by molar-refractivity contribution is -0.120. The predicted molar refractivity (Wildman–Crippen MR) is 77.4 cm³/mol. The zero-order valence-corrected chi connectivity index (χ0v) is 11.7. The number of nitrogens with two attached hydrogens (primary N) is 1. The standard InChI is InChI=1S/C14H19N5O/c1-10(2)11(9-15)14(20)17-12-5-3-4-6-13(12)19-8-7-16-18-19/h3-8,10-11H,9,15H2,1-2H3,(H,17,20). The Morgan fingerprint density at radius 2 is 2.15 bits per heavy atom. The van der Waals surface area contributed by atoms with E-state index in [0.29, 0.717) is 12.2 Å². The quantitative estimate of drug-likeness (QED) is 0.863. The van der Waals surface area contributed by atoms with Crippen molar-refractivity contribution in [2.24, 2.45) is 17.6 Å². The molecule has 3 N–H and O–H groups in total. The van der Waals surface area contributed by atoms with Gasteiger partial charge in [-0.1, -0.05) is 31.2 Å². The summed E-state index contributed by atoms with van der Waals surface area (Å²) in [5.74, 6) is -0.0904. The van der Waals surface area contributed by atoms with Crippen LogP contribution in [0.3, 0.4) is 0 Å². The van der Waals surface area contributed by atoms with E-state index in [9.17, 15) is 4.79 Å². The Morgan fingerprint density at radius 1 is 1.40 bits per heavy atom. The van der Waals surface area contributed by atoms with E-state index in [1.54, 1.807) is 17.1 Å². The van der Waals surface area contributed by atoms with Gasteiger partial charge in [0.1, 0.15) is 0 Å². The number of hydrogen-bond donors (Lipinski definition) is 2. The zero-order valence-electron chi connectivity index (χ0n) is 11.7. The minimum Gasteiger partial charge on any atom is -0.330 e. The molecule has 0 saturated carbocycles. The third-order valence-electron chi connectivity index (χ3n) is 3.23. The van der Waals surface area contributed by atoms with Crippen LogP contribution in [0.4, 0.5) is 5.69 Å². The second-order valence-corrected chi connectivity index (χ2v) is 4.94. The van der Waals surface area contributed by atoms with Gasteiger partial charge in [0.2, 0.25) is 5.91 Å². The first-order valence-corrected chi connectivity index (χ1v) is 6.60. The fourth-order valence-corrected chi connectivity index (χ4v) is 2.02. The van der Waals surface area contributed by atoms with Crippen LogP contribution in [0.1, 0.15) is 13.8 Å². The van der Waals surface area contributed by atoms with Crippen LogP contribution in [0, 0.1) is 11.8 Å². The van der Waals surface area contributed by atoms with E-state index in [2.05, 4.69) is 15.6 Å². The monoisotopic (exact) mass is 273 g/mol. The summed E-state index contributed by atoms with van der Waals surface area (Å²) in [4.78, 5) is 12.3. The Balaban J connectivity index is 2.24. The molecular formula is C14H19N5O. The van der Waals surface area contributed by atoms with E-state index in [1.807, 2.05) is 38.1 Å². The van der Waals surface area contributed by atoms with Gasteiger partial charge in [0.15, 0.2) is 0 Å². The molecule has 0 saturated heterocycles. The molecule has 1 unspecified atom stereocenters. The Hall–Kier alpha value is -2.21. The molecule has 0 aliphatic rings. The third-order valence-corrected chi connectivity index (χ3v) is 3.23. The lowest BCUT2D eigenvalue weighted by Gasteiger charge is -2.19.